The van der Waals surface area contributed by atoms with Gasteiger partial charge >= 0.3 is 5.97 Å². The number of carboxylic acid groups (broad SMARTS) is 1. The lowest BCUT2D eigenvalue weighted by molar-refractivity contribution is -0.152. The van der Waals surface area contributed by atoms with E-state index in [1.807, 2.05) is 18.2 Å². The van der Waals surface area contributed by atoms with Crippen molar-refractivity contribution in [1.29, 1.82) is 0 Å². The van der Waals surface area contributed by atoms with Crippen LogP contribution in [0, 0.1) is 5.92 Å². The third kappa shape index (κ3) is 4.65. The Morgan fingerprint density at radius 3 is 2.28 bits per heavy atom. The molecule has 2 bridgehead atoms. The number of hydrogen-bond donors (Lipinski definition) is 2. The normalized spacial score (nSPS) is 25.1. The topological polar surface area (TPSA) is 61.8 Å². The average molecular weight is 485 g/mol. The van der Waals surface area contributed by atoms with Gasteiger partial charge in [-0.3, -0.25) is 9.69 Å². The highest BCUT2D eigenvalue weighted by atomic mass is 16.5. The maximum absolute atomic E-state index is 12.4. The van der Waals surface area contributed by atoms with Crippen LogP contribution in [0.2, 0.25) is 0 Å². The number of aliphatic carboxylic acids is 1. The van der Waals surface area contributed by atoms with Crippen LogP contribution in [0.1, 0.15) is 47.9 Å². The van der Waals surface area contributed by atoms with Crippen LogP contribution in [0.3, 0.4) is 0 Å². The standard InChI is InChI=1S/C31H36N2O3/c1-3-21-15-10-16-27(36-2)25(21)20-32-29-24-17-18-33(26(19-24)31(34)35)30(29)28(22-11-6-4-7-12-22)23-13-8-5-9-14-23/h4-16,24,26,28-30,32H,3,17-20H2,1-2H3,(H,34,35)/t24-,26?,29-,30-/m0/s1. The van der Waals surface area contributed by atoms with Gasteiger partial charge in [-0.25, -0.2) is 0 Å². The molecule has 5 nitrogen and oxygen atoms in total. The van der Waals surface area contributed by atoms with E-state index >= 15 is 0 Å². The van der Waals surface area contributed by atoms with Crippen LogP contribution < -0.4 is 10.1 Å². The molecule has 0 saturated carbocycles. The highest BCUT2D eigenvalue weighted by Crippen LogP contribution is 2.44. The summed E-state index contributed by atoms with van der Waals surface area (Å²) in [5.74, 6) is 0.570. The van der Waals surface area contributed by atoms with Gasteiger partial charge in [0.2, 0.25) is 0 Å². The molecule has 0 radical (unpaired) electrons. The fourth-order valence-corrected chi connectivity index (χ4v) is 6.57. The van der Waals surface area contributed by atoms with Gasteiger partial charge in [-0.2, -0.15) is 0 Å². The van der Waals surface area contributed by atoms with Gasteiger partial charge in [0.15, 0.2) is 0 Å². The molecule has 188 valence electrons. The summed E-state index contributed by atoms with van der Waals surface area (Å²) in [5, 5.41) is 14.1. The van der Waals surface area contributed by atoms with Crippen molar-refractivity contribution >= 4 is 5.97 Å². The van der Waals surface area contributed by atoms with Gasteiger partial charge in [-0.05, 0) is 54.5 Å². The molecule has 0 aliphatic carbocycles. The third-order valence-electron chi connectivity index (χ3n) is 8.23. The van der Waals surface area contributed by atoms with Gasteiger partial charge in [0.05, 0.1) is 7.11 Å². The Bertz CT molecular complexity index is 1110. The molecule has 3 fully saturated rings. The second kappa shape index (κ2) is 10.9. The molecule has 0 amide bonds. The Hall–Kier alpha value is -3.15. The number of rotatable bonds is 9. The van der Waals surface area contributed by atoms with Crippen LogP contribution in [-0.2, 0) is 17.8 Å². The smallest absolute Gasteiger partial charge is 0.320 e. The molecule has 0 aromatic heterocycles. The lowest BCUT2D eigenvalue weighted by Crippen LogP contribution is -2.69. The summed E-state index contributed by atoms with van der Waals surface area (Å²) in [4.78, 5) is 14.6. The van der Waals surface area contributed by atoms with Crippen LogP contribution in [0.5, 0.6) is 5.75 Å². The molecule has 3 saturated heterocycles. The third-order valence-corrected chi connectivity index (χ3v) is 8.23. The predicted octanol–water partition coefficient (Wildman–Crippen LogP) is 5.10. The van der Waals surface area contributed by atoms with E-state index in [0.29, 0.717) is 18.9 Å². The number of ether oxygens (including phenoxy) is 1. The zero-order valence-electron chi connectivity index (χ0n) is 21.1. The summed E-state index contributed by atoms with van der Waals surface area (Å²) in [5.41, 5.74) is 4.93. The van der Waals surface area contributed by atoms with E-state index < -0.39 is 12.0 Å². The number of piperidine rings is 3. The molecule has 6 rings (SSSR count). The minimum atomic E-state index is -0.707. The molecular weight excluding hydrogens is 448 g/mol. The van der Waals surface area contributed by atoms with E-state index in [4.69, 9.17) is 4.74 Å². The number of carboxylic acids is 1. The van der Waals surface area contributed by atoms with Crippen molar-refractivity contribution in [3.8, 4) is 5.75 Å². The molecule has 3 heterocycles. The maximum atomic E-state index is 12.4. The van der Waals surface area contributed by atoms with E-state index in [9.17, 15) is 9.90 Å². The van der Waals surface area contributed by atoms with Crippen LogP contribution in [0.4, 0.5) is 0 Å². The molecular formula is C31H36N2O3. The van der Waals surface area contributed by atoms with E-state index in [1.54, 1.807) is 7.11 Å². The first-order chi connectivity index (χ1) is 17.6. The molecule has 5 atom stereocenters. The molecule has 2 N–H and O–H groups in total. The quantitative estimate of drug-likeness (QED) is 0.443. The predicted molar refractivity (Wildman–Crippen MR) is 142 cm³/mol. The van der Waals surface area contributed by atoms with Gasteiger partial charge in [0.25, 0.3) is 0 Å². The molecule has 2 unspecified atom stereocenters. The van der Waals surface area contributed by atoms with E-state index in [1.165, 1.54) is 22.3 Å². The van der Waals surface area contributed by atoms with E-state index in [0.717, 1.165) is 25.1 Å². The Morgan fingerprint density at radius 1 is 1.03 bits per heavy atom. The first kappa shape index (κ1) is 24.5. The summed E-state index contributed by atoms with van der Waals surface area (Å²) in [7, 11) is 1.73. The SMILES string of the molecule is CCc1cccc(OC)c1CN[C@H]1[C@H]2CCN(C(C(=O)O)C2)[C@H]1C(c1ccccc1)c1ccccc1. The fraction of sp³-hybridized carbons (Fsp3) is 0.387. The van der Waals surface area contributed by atoms with Crippen molar-refractivity contribution in [3.63, 3.8) is 0 Å². The van der Waals surface area contributed by atoms with Crippen LogP contribution in [0.25, 0.3) is 0 Å². The lowest BCUT2D eigenvalue weighted by atomic mass is 9.68. The average Bonchev–Trinajstić information content (AvgIpc) is 2.93. The second-order valence-corrected chi connectivity index (χ2v) is 10.0. The largest absolute Gasteiger partial charge is 0.496 e. The number of aryl methyl sites for hydroxylation is 1. The van der Waals surface area contributed by atoms with Gasteiger partial charge in [-0.1, -0.05) is 79.7 Å². The van der Waals surface area contributed by atoms with E-state index in [-0.39, 0.29) is 18.0 Å². The van der Waals surface area contributed by atoms with E-state index in [2.05, 4.69) is 77.8 Å². The maximum Gasteiger partial charge on any atom is 0.320 e. The van der Waals surface area contributed by atoms with Crippen LogP contribution in [0.15, 0.2) is 78.9 Å². The summed E-state index contributed by atoms with van der Waals surface area (Å²) in [6.07, 6.45) is 2.64. The molecule has 3 aromatic carbocycles. The summed E-state index contributed by atoms with van der Waals surface area (Å²) in [6.45, 7) is 3.69. The summed E-state index contributed by atoms with van der Waals surface area (Å²) < 4.78 is 5.72. The second-order valence-electron chi connectivity index (χ2n) is 10.0. The highest BCUT2D eigenvalue weighted by molar-refractivity contribution is 5.74. The fourth-order valence-electron chi connectivity index (χ4n) is 6.57. The number of nitrogens with zero attached hydrogens (tertiary/aromatic N) is 1. The first-order valence-electron chi connectivity index (χ1n) is 13.1. The number of methoxy groups -OCH3 is 1. The van der Waals surface area contributed by atoms with Crippen molar-refractivity contribution in [3.05, 3.63) is 101 Å². The minimum absolute atomic E-state index is 0.0307. The molecule has 3 aliphatic rings. The zero-order valence-corrected chi connectivity index (χ0v) is 21.1. The highest BCUT2D eigenvalue weighted by Gasteiger charge is 2.52. The van der Waals surface area contributed by atoms with Crippen molar-refractivity contribution in [2.24, 2.45) is 5.92 Å². The molecule has 0 spiro atoms. The molecule has 3 aliphatic heterocycles. The lowest BCUT2D eigenvalue weighted by Gasteiger charge is -2.56. The van der Waals surface area contributed by atoms with Crippen LogP contribution in [-0.4, -0.2) is 47.8 Å². The molecule has 5 heteroatoms. The number of benzene rings is 3. The Kier molecular flexibility index (Phi) is 7.40. The molecule has 3 aromatic rings. The Balaban J connectivity index is 1.56. The zero-order chi connectivity index (χ0) is 25.1. The number of fused-ring (bicyclic) bond motifs is 3. The number of carbonyl (C=O) groups is 1. The van der Waals surface area contributed by atoms with Gasteiger partial charge < -0.3 is 15.2 Å². The Morgan fingerprint density at radius 2 is 1.69 bits per heavy atom. The Labute approximate surface area is 214 Å². The summed E-state index contributed by atoms with van der Waals surface area (Å²) in [6, 6.07) is 27.2. The first-order valence-corrected chi connectivity index (χ1v) is 13.1. The van der Waals surface area contributed by atoms with Crippen molar-refractivity contribution in [2.45, 2.75) is 56.8 Å². The van der Waals surface area contributed by atoms with Crippen LogP contribution >= 0.6 is 0 Å². The number of hydrogen-bond acceptors (Lipinski definition) is 4. The van der Waals surface area contributed by atoms with Crippen molar-refractivity contribution < 1.29 is 14.6 Å². The van der Waals surface area contributed by atoms with Gasteiger partial charge in [0.1, 0.15) is 11.8 Å². The number of nitrogens with one attached hydrogen (secondary N) is 1. The molecule has 36 heavy (non-hydrogen) atoms. The minimum Gasteiger partial charge on any atom is -0.496 e. The summed E-state index contributed by atoms with van der Waals surface area (Å²) >= 11 is 0. The van der Waals surface area contributed by atoms with Gasteiger partial charge in [0, 0.05) is 30.1 Å². The monoisotopic (exact) mass is 484 g/mol. The van der Waals surface area contributed by atoms with Crippen molar-refractivity contribution in [2.75, 3.05) is 13.7 Å². The van der Waals surface area contributed by atoms with Gasteiger partial charge in [-0.15, -0.1) is 0 Å². The van der Waals surface area contributed by atoms with Crippen molar-refractivity contribution in [1.82, 2.24) is 10.2 Å².